The third-order valence-corrected chi connectivity index (χ3v) is 6.23. The van der Waals surface area contributed by atoms with Crippen LogP contribution in [0.15, 0.2) is 30.3 Å². The van der Waals surface area contributed by atoms with Gasteiger partial charge in [-0.25, -0.2) is 13.6 Å². The average molecular weight is 431 g/mol. The molecule has 0 spiro atoms. The molecular formula is C21H29ClF2N2O3. The molecular weight excluding hydrogens is 402 g/mol. The van der Waals surface area contributed by atoms with E-state index in [1.165, 1.54) is 6.34 Å². The lowest BCUT2D eigenvalue weighted by Gasteiger charge is -2.36. The molecule has 0 aromatic heterocycles. The second-order valence-corrected chi connectivity index (χ2v) is 8.04. The largest absolute Gasteiger partial charge is 0.460 e. The molecule has 2 aliphatic rings. The highest BCUT2D eigenvalue weighted by Crippen LogP contribution is 2.48. The Morgan fingerprint density at radius 3 is 2.45 bits per heavy atom. The van der Waals surface area contributed by atoms with Gasteiger partial charge in [0.2, 0.25) is 5.92 Å². The van der Waals surface area contributed by atoms with Crippen molar-refractivity contribution >= 4 is 24.7 Å². The summed E-state index contributed by atoms with van der Waals surface area (Å²) in [5, 5.41) is 18.7. The van der Waals surface area contributed by atoms with E-state index >= 15 is 0 Å². The smallest absolute Gasteiger partial charge is 0.343 e. The summed E-state index contributed by atoms with van der Waals surface area (Å²) in [5.74, 6) is -4.49. The summed E-state index contributed by atoms with van der Waals surface area (Å²) in [6.45, 7) is 3.22. The van der Waals surface area contributed by atoms with Gasteiger partial charge in [0.05, 0.1) is 6.34 Å². The van der Waals surface area contributed by atoms with Gasteiger partial charge < -0.3 is 14.7 Å². The van der Waals surface area contributed by atoms with Gasteiger partial charge in [0.25, 0.3) is 0 Å². The minimum absolute atomic E-state index is 0. The van der Waals surface area contributed by atoms with Gasteiger partial charge in [-0.2, -0.15) is 0 Å². The van der Waals surface area contributed by atoms with E-state index in [0.717, 1.165) is 12.8 Å². The van der Waals surface area contributed by atoms with Crippen molar-refractivity contribution in [1.82, 2.24) is 4.90 Å². The zero-order chi connectivity index (χ0) is 20.4. The van der Waals surface area contributed by atoms with Gasteiger partial charge in [-0.1, -0.05) is 30.3 Å². The molecule has 2 N–H and O–H groups in total. The number of rotatable bonds is 6. The Labute approximate surface area is 176 Å². The number of carbonyl (C=O) groups excluding carboxylic acids is 1. The van der Waals surface area contributed by atoms with Gasteiger partial charge in [-0.3, -0.25) is 5.41 Å². The maximum Gasteiger partial charge on any atom is 0.343 e. The van der Waals surface area contributed by atoms with Crippen molar-refractivity contribution in [3.8, 4) is 0 Å². The molecule has 0 unspecified atom stereocenters. The highest BCUT2D eigenvalue weighted by atomic mass is 35.5. The highest BCUT2D eigenvalue weighted by Gasteiger charge is 2.54. The van der Waals surface area contributed by atoms with Crippen molar-refractivity contribution in [1.29, 1.82) is 5.41 Å². The molecule has 29 heavy (non-hydrogen) atoms. The number of nitrogens with one attached hydrogen (secondary N) is 1. The Kier molecular flexibility index (Phi) is 7.62. The molecule has 8 heteroatoms. The van der Waals surface area contributed by atoms with Gasteiger partial charge in [-0.15, -0.1) is 12.4 Å². The molecule has 3 rings (SSSR count). The van der Waals surface area contributed by atoms with Crippen molar-refractivity contribution in [2.24, 2.45) is 11.8 Å². The van der Waals surface area contributed by atoms with Crippen LogP contribution in [0.25, 0.3) is 0 Å². The fourth-order valence-corrected chi connectivity index (χ4v) is 4.39. The molecule has 1 aromatic carbocycles. The van der Waals surface area contributed by atoms with Gasteiger partial charge in [0, 0.05) is 31.8 Å². The van der Waals surface area contributed by atoms with Crippen LogP contribution >= 0.6 is 12.4 Å². The van der Waals surface area contributed by atoms with Crippen LogP contribution in [-0.2, 0) is 15.1 Å². The van der Waals surface area contributed by atoms with E-state index in [1.54, 1.807) is 37.3 Å². The van der Waals surface area contributed by atoms with E-state index in [0.29, 0.717) is 18.7 Å². The second-order valence-electron chi connectivity index (χ2n) is 8.04. The number of hydrogen-bond donors (Lipinski definition) is 2. The summed E-state index contributed by atoms with van der Waals surface area (Å²) >= 11 is 0. The van der Waals surface area contributed by atoms with Crippen molar-refractivity contribution in [2.45, 2.75) is 56.7 Å². The molecule has 0 radical (unpaired) electrons. The summed E-state index contributed by atoms with van der Waals surface area (Å²) in [4.78, 5) is 15.0. The topological polar surface area (TPSA) is 73.6 Å². The molecule has 0 amide bonds. The number of esters is 1. The van der Waals surface area contributed by atoms with E-state index < -0.39 is 35.9 Å². The van der Waals surface area contributed by atoms with Crippen LogP contribution < -0.4 is 0 Å². The Bertz CT molecular complexity index is 698. The zero-order valence-corrected chi connectivity index (χ0v) is 17.3. The van der Waals surface area contributed by atoms with Crippen molar-refractivity contribution < 1.29 is 23.4 Å². The normalized spacial score (nSPS) is 24.8. The van der Waals surface area contributed by atoms with Gasteiger partial charge in [0.1, 0.15) is 6.10 Å². The summed E-state index contributed by atoms with van der Waals surface area (Å²) in [6.07, 6.45) is 1.63. The van der Waals surface area contributed by atoms with Crippen molar-refractivity contribution in [2.75, 3.05) is 13.1 Å². The fraction of sp³-hybridized carbons (Fsp3) is 0.619. The predicted molar refractivity (Wildman–Crippen MR) is 109 cm³/mol. The zero-order valence-electron chi connectivity index (χ0n) is 16.5. The van der Waals surface area contributed by atoms with Crippen LogP contribution in [0, 0.1) is 17.2 Å². The lowest BCUT2D eigenvalue weighted by atomic mass is 9.80. The number of halogens is 3. The van der Waals surface area contributed by atoms with Crippen LogP contribution in [0.3, 0.4) is 0 Å². The Balaban J connectivity index is 0.00000300. The van der Waals surface area contributed by atoms with Crippen LogP contribution in [0.5, 0.6) is 0 Å². The number of alkyl halides is 2. The minimum Gasteiger partial charge on any atom is -0.460 e. The molecule has 1 aliphatic carbocycles. The number of benzene rings is 1. The third kappa shape index (κ3) is 5.07. The monoisotopic (exact) mass is 430 g/mol. The number of ether oxygens (including phenoxy) is 1. The molecule has 2 fully saturated rings. The number of likely N-dealkylation sites (tertiary alicyclic amines) is 1. The van der Waals surface area contributed by atoms with Gasteiger partial charge >= 0.3 is 5.97 Å². The first-order valence-electron chi connectivity index (χ1n) is 9.87. The van der Waals surface area contributed by atoms with E-state index in [9.17, 15) is 18.7 Å². The maximum absolute atomic E-state index is 13.8. The Morgan fingerprint density at radius 2 is 1.93 bits per heavy atom. The first kappa shape index (κ1) is 23.5. The molecule has 1 aliphatic heterocycles. The Morgan fingerprint density at radius 1 is 1.31 bits per heavy atom. The molecule has 5 nitrogen and oxygen atoms in total. The summed E-state index contributed by atoms with van der Waals surface area (Å²) in [7, 11) is 0. The molecule has 0 bridgehead atoms. The first-order chi connectivity index (χ1) is 13.3. The first-order valence-corrected chi connectivity index (χ1v) is 9.87. The molecule has 3 atom stereocenters. The molecule has 1 aromatic rings. The maximum atomic E-state index is 13.8. The molecule has 1 saturated carbocycles. The summed E-state index contributed by atoms with van der Waals surface area (Å²) in [5.41, 5.74) is -1.78. The number of nitrogens with zero attached hydrogens (tertiary/aromatic N) is 1. The van der Waals surface area contributed by atoms with E-state index in [4.69, 9.17) is 10.1 Å². The van der Waals surface area contributed by atoms with Crippen LogP contribution in [0.2, 0.25) is 0 Å². The van der Waals surface area contributed by atoms with E-state index in [-0.39, 0.29) is 31.2 Å². The average Bonchev–Trinajstić information content (AvgIpc) is 3.08. The van der Waals surface area contributed by atoms with Crippen LogP contribution in [-0.4, -0.2) is 47.4 Å². The number of carbonyl (C=O) groups is 1. The summed E-state index contributed by atoms with van der Waals surface area (Å²) < 4.78 is 33.3. The Hall–Kier alpha value is -1.73. The number of hydrogen-bond acceptors (Lipinski definition) is 4. The second kappa shape index (κ2) is 9.39. The predicted octanol–water partition coefficient (Wildman–Crippen LogP) is 3.98. The van der Waals surface area contributed by atoms with E-state index in [1.807, 2.05) is 4.90 Å². The molecule has 1 saturated heterocycles. The fourth-order valence-electron chi connectivity index (χ4n) is 4.39. The van der Waals surface area contributed by atoms with Gasteiger partial charge in [0.15, 0.2) is 5.60 Å². The number of piperidine rings is 1. The SMILES string of the molecule is C[C@@H](OC(=O)[C@](O)(c1ccccc1)[C@@H]1CCC(F)(F)C1)C1CCN(C=N)CC1.Cl. The van der Waals surface area contributed by atoms with Crippen LogP contribution in [0.1, 0.15) is 44.6 Å². The number of aliphatic hydroxyl groups is 1. The minimum atomic E-state index is -2.88. The lowest BCUT2D eigenvalue weighted by Crippen LogP contribution is -2.46. The summed E-state index contributed by atoms with van der Waals surface area (Å²) in [6, 6.07) is 8.28. The lowest BCUT2D eigenvalue weighted by molar-refractivity contribution is -0.182. The third-order valence-electron chi connectivity index (χ3n) is 6.23. The van der Waals surface area contributed by atoms with Crippen molar-refractivity contribution in [3.05, 3.63) is 35.9 Å². The van der Waals surface area contributed by atoms with Gasteiger partial charge in [-0.05, 0) is 37.7 Å². The quantitative estimate of drug-likeness (QED) is 0.406. The molecule has 162 valence electrons. The van der Waals surface area contributed by atoms with Crippen LogP contribution in [0.4, 0.5) is 8.78 Å². The van der Waals surface area contributed by atoms with E-state index in [2.05, 4.69) is 0 Å². The standard InChI is InChI=1S/C21H28F2N2O3.ClH/c1-15(16-8-11-25(14-24)12-9-16)28-19(26)21(27,17-5-3-2-4-6-17)18-7-10-20(22,23)13-18;/h2-6,14-16,18,24,27H,7-13H2,1H3;1H/t15-,18-,21+;/m1./s1. The molecule has 1 heterocycles. The highest BCUT2D eigenvalue weighted by molar-refractivity contribution is 5.85. The van der Waals surface area contributed by atoms with Crippen molar-refractivity contribution in [3.63, 3.8) is 0 Å².